The lowest BCUT2D eigenvalue weighted by Crippen LogP contribution is -2.28. The van der Waals surface area contributed by atoms with E-state index in [1.54, 1.807) is 30.1 Å². The Bertz CT molecular complexity index is 1560. The Morgan fingerprint density at radius 3 is 2.27 bits per heavy atom. The maximum atomic E-state index is 13.5. The van der Waals surface area contributed by atoms with Crippen molar-refractivity contribution in [1.29, 1.82) is 0 Å². The van der Waals surface area contributed by atoms with Gasteiger partial charge < -0.3 is 9.88 Å². The Hall–Kier alpha value is -3.84. The van der Waals surface area contributed by atoms with Gasteiger partial charge in [-0.05, 0) is 36.4 Å². The summed E-state index contributed by atoms with van der Waals surface area (Å²) in [6.07, 6.45) is 0. The SMILES string of the molecule is CN(Cc1nc2ccccc2c(=O)[nH]1)C(=O)c1cc(-c2ccc(Br)cc2)nc2ccccc12. The standard InChI is InChI=1S/C26H19BrN4O2/c1-31(15-24-29-22-9-5-3-7-19(22)25(32)30-24)26(33)20-14-23(16-10-12-17(27)13-11-16)28-21-8-4-2-6-18(20)21/h2-14H,15H2,1H3,(H,29,30,32). The minimum Gasteiger partial charge on any atom is -0.334 e. The lowest BCUT2D eigenvalue weighted by molar-refractivity contribution is 0.0783. The fourth-order valence-electron chi connectivity index (χ4n) is 3.83. The van der Waals surface area contributed by atoms with Crippen LogP contribution in [0.5, 0.6) is 0 Å². The smallest absolute Gasteiger partial charge is 0.258 e. The van der Waals surface area contributed by atoms with Crippen LogP contribution in [0, 0.1) is 0 Å². The number of nitrogens with zero attached hydrogens (tertiary/aromatic N) is 3. The first-order valence-corrected chi connectivity index (χ1v) is 11.2. The topological polar surface area (TPSA) is 79.0 Å². The van der Waals surface area contributed by atoms with E-state index in [0.29, 0.717) is 22.3 Å². The lowest BCUT2D eigenvalue weighted by Gasteiger charge is -2.18. The zero-order valence-electron chi connectivity index (χ0n) is 17.7. The quantitative estimate of drug-likeness (QED) is 0.370. The number of hydrogen-bond acceptors (Lipinski definition) is 4. The predicted molar refractivity (Wildman–Crippen MR) is 133 cm³/mol. The van der Waals surface area contributed by atoms with Crippen LogP contribution in [-0.2, 0) is 6.54 Å². The van der Waals surface area contributed by atoms with Crippen molar-refractivity contribution in [2.45, 2.75) is 6.54 Å². The summed E-state index contributed by atoms with van der Waals surface area (Å²) in [7, 11) is 1.70. The molecule has 0 saturated heterocycles. The first kappa shape index (κ1) is 21.0. The van der Waals surface area contributed by atoms with Gasteiger partial charge in [0.15, 0.2) is 0 Å². The number of rotatable bonds is 4. The van der Waals surface area contributed by atoms with E-state index in [1.807, 2.05) is 60.7 Å². The van der Waals surface area contributed by atoms with Gasteiger partial charge in [-0.25, -0.2) is 9.97 Å². The first-order chi connectivity index (χ1) is 16.0. The molecule has 0 atom stereocenters. The summed E-state index contributed by atoms with van der Waals surface area (Å²) in [6, 6.07) is 24.4. The van der Waals surface area contributed by atoms with E-state index >= 15 is 0 Å². The maximum absolute atomic E-state index is 13.5. The molecule has 0 fully saturated rings. The number of amides is 1. The van der Waals surface area contributed by atoms with E-state index in [-0.39, 0.29) is 18.0 Å². The van der Waals surface area contributed by atoms with Gasteiger partial charge in [-0.3, -0.25) is 9.59 Å². The van der Waals surface area contributed by atoms with Crippen LogP contribution in [0.1, 0.15) is 16.2 Å². The molecule has 0 aliphatic rings. The first-order valence-electron chi connectivity index (χ1n) is 10.4. The van der Waals surface area contributed by atoms with E-state index in [0.717, 1.165) is 26.6 Å². The highest BCUT2D eigenvalue weighted by molar-refractivity contribution is 9.10. The van der Waals surface area contributed by atoms with Crippen LogP contribution in [0.3, 0.4) is 0 Å². The maximum Gasteiger partial charge on any atom is 0.258 e. The summed E-state index contributed by atoms with van der Waals surface area (Å²) >= 11 is 3.45. The van der Waals surface area contributed by atoms with Crippen molar-refractivity contribution in [3.8, 4) is 11.3 Å². The summed E-state index contributed by atoms with van der Waals surface area (Å²) in [4.78, 5) is 39.6. The average Bonchev–Trinajstić information content (AvgIpc) is 2.83. The van der Waals surface area contributed by atoms with Gasteiger partial charge in [-0.1, -0.05) is 58.4 Å². The molecule has 2 aromatic heterocycles. The van der Waals surface area contributed by atoms with E-state index in [1.165, 1.54) is 0 Å². The Labute approximate surface area is 198 Å². The number of para-hydroxylation sites is 2. The zero-order chi connectivity index (χ0) is 22.9. The molecule has 0 aliphatic heterocycles. The average molecular weight is 499 g/mol. The molecule has 0 spiro atoms. The van der Waals surface area contributed by atoms with Crippen molar-refractivity contribution in [3.63, 3.8) is 0 Å². The Morgan fingerprint density at radius 1 is 0.909 bits per heavy atom. The summed E-state index contributed by atoms with van der Waals surface area (Å²) in [5.74, 6) is 0.254. The van der Waals surface area contributed by atoms with Gasteiger partial charge >= 0.3 is 0 Å². The molecule has 0 aliphatic carbocycles. The molecule has 3 aromatic carbocycles. The van der Waals surface area contributed by atoms with Gasteiger partial charge in [0.2, 0.25) is 0 Å². The van der Waals surface area contributed by atoms with Crippen LogP contribution in [0.2, 0.25) is 0 Å². The normalized spacial score (nSPS) is 11.1. The number of fused-ring (bicyclic) bond motifs is 2. The largest absolute Gasteiger partial charge is 0.334 e. The minimum absolute atomic E-state index is 0.170. The van der Waals surface area contributed by atoms with Crippen LogP contribution < -0.4 is 5.56 Å². The second kappa shape index (κ2) is 8.60. The minimum atomic E-state index is -0.219. The van der Waals surface area contributed by atoms with E-state index in [2.05, 4.69) is 25.9 Å². The number of benzene rings is 3. The molecule has 5 rings (SSSR count). The monoisotopic (exact) mass is 498 g/mol. The van der Waals surface area contributed by atoms with Crippen molar-refractivity contribution < 1.29 is 4.79 Å². The van der Waals surface area contributed by atoms with Crippen molar-refractivity contribution in [2.75, 3.05) is 7.05 Å². The molecule has 6 nitrogen and oxygen atoms in total. The molecular formula is C26H19BrN4O2. The van der Waals surface area contributed by atoms with Crippen LogP contribution in [0.15, 0.2) is 88.1 Å². The Kier molecular flexibility index (Phi) is 5.48. The molecule has 5 aromatic rings. The molecule has 2 heterocycles. The van der Waals surface area contributed by atoms with Gasteiger partial charge in [0.05, 0.1) is 34.2 Å². The third-order valence-electron chi connectivity index (χ3n) is 5.48. The van der Waals surface area contributed by atoms with Crippen molar-refractivity contribution in [3.05, 3.63) is 105 Å². The summed E-state index contributed by atoms with van der Waals surface area (Å²) < 4.78 is 0.972. The van der Waals surface area contributed by atoms with E-state index in [4.69, 9.17) is 4.98 Å². The second-order valence-electron chi connectivity index (χ2n) is 7.77. The molecule has 0 bridgehead atoms. The molecule has 0 radical (unpaired) electrons. The summed E-state index contributed by atoms with van der Waals surface area (Å²) in [6.45, 7) is 0.170. The molecule has 1 amide bonds. The number of pyridine rings is 1. The molecule has 0 unspecified atom stereocenters. The van der Waals surface area contributed by atoms with E-state index in [9.17, 15) is 9.59 Å². The number of hydrogen-bond donors (Lipinski definition) is 1. The molecule has 0 saturated carbocycles. The highest BCUT2D eigenvalue weighted by atomic mass is 79.9. The number of carbonyl (C=O) groups excluding carboxylic acids is 1. The summed E-state index contributed by atoms with van der Waals surface area (Å²) in [5.41, 5.74) is 3.31. The second-order valence-corrected chi connectivity index (χ2v) is 8.69. The fourth-order valence-corrected chi connectivity index (χ4v) is 4.10. The van der Waals surface area contributed by atoms with Gasteiger partial charge in [-0.2, -0.15) is 0 Å². The van der Waals surface area contributed by atoms with Gasteiger partial charge in [0.25, 0.3) is 11.5 Å². The number of aromatic nitrogens is 3. The van der Waals surface area contributed by atoms with E-state index < -0.39 is 0 Å². The number of halogens is 1. The third-order valence-corrected chi connectivity index (χ3v) is 6.01. The number of carbonyl (C=O) groups is 1. The predicted octanol–water partition coefficient (Wildman–Crippen LogP) is 5.17. The molecule has 33 heavy (non-hydrogen) atoms. The number of aromatic amines is 1. The number of nitrogens with one attached hydrogen (secondary N) is 1. The summed E-state index contributed by atoms with van der Waals surface area (Å²) in [5, 5.41) is 1.30. The van der Waals surface area contributed by atoms with Crippen molar-refractivity contribution in [2.24, 2.45) is 0 Å². The van der Waals surface area contributed by atoms with Crippen molar-refractivity contribution >= 4 is 43.6 Å². The van der Waals surface area contributed by atoms with Crippen LogP contribution in [0.25, 0.3) is 33.1 Å². The van der Waals surface area contributed by atoms with Crippen LogP contribution >= 0.6 is 15.9 Å². The van der Waals surface area contributed by atoms with Gasteiger partial charge in [0.1, 0.15) is 5.82 Å². The fraction of sp³-hybridized carbons (Fsp3) is 0.0769. The zero-order valence-corrected chi connectivity index (χ0v) is 19.3. The van der Waals surface area contributed by atoms with Crippen molar-refractivity contribution in [1.82, 2.24) is 19.9 Å². The third kappa shape index (κ3) is 4.15. The Morgan fingerprint density at radius 2 is 1.55 bits per heavy atom. The lowest BCUT2D eigenvalue weighted by atomic mass is 10.0. The van der Waals surface area contributed by atoms with Gasteiger partial charge in [-0.15, -0.1) is 0 Å². The van der Waals surface area contributed by atoms with Crippen LogP contribution in [-0.4, -0.2) is 32.8 Å². The Balaban J connectivity index is 1.53. The van der Waals surface area contributed by atoms with Gasteiger partial charge in [0, 0.05) is 22.5 Å². The highest BCUT2D eigenvalue weighted by Crippen LogP contribution is 2.27. The van der Waals surface area contributed by atoms with Crippen LogP contribution in [0.4, 0.5) is 0 Å². The molecular weight excluding hydrogens is 480 g/mol. The number of H-pyrrole nitrogens is 1. The highest BCUT2D eigenvalue weighted by Gasteiger charge is 2.19. The molecule has 1 N–H and O–H groups in total. The molecule has 7 heteroatoms. The molecule has 162 valence electrons.